The summed E-state index contributed by atoms with van der Waals surface area (Å²) in [6.07, 6.45) is 0.935. The number of nitrogens with one attached hydrogen (secondary N) is 2. The lowest BCUT2D eigenvalue weighted by Gasteiger charge is -2.18. The van der Waals surface area contributed by atoms with Gasteiger partial charge in [0.05, 0.1) is 6.61 Å². The van der Waals surface area contributed by atoms with Gasteiger partial charge in [-0.25, -0.2) is 0 Å². The van der Waals surface area contributed by atoms with Crippen LogP contribution in [-0.4, -0.2) is 24.6 Å². The molecule has 0 aliphatic carbocycles. The van der Waals surface area contributed by atoms with Crippen LogP contribution in [0.5, 0.6) is 5.75 Å². The van der Waals surface area contributed by atoms with Gasteiger partial charge in [-0.2, -0.15) is 0 Å². The summed E-state index contributed by atoms with van der Waals surface area (Å²) < 4.78 is 5.56. The van der Waals surface area contributed by atoms with Crippen LogP contribution in [0.4, 0.5) is 11.4 Å². The van der Waals surface area contributed by atoms with Gasteiger partial charge >= 0.3 is 0 Å². The predicted octanol–water partition coefficient (Wildman–Crippen LogP) is 2.38. The number of anilines is 2. The van der Waals surface area contributed by atoms with Gasteiger partial charge in [0, 0.05) is 29.5 Å². The summed E-state index contributed by atoms with van der Waals surface area (Å²) in [6.45, 7) is 8.37. The van der Waals surface area contributed by atoms with Gasteiger partial charge in [-0.15, -0.1) is 0 Å². The topological polar surface area (TPSA) is 76.4 Å². The van der Waals surface area contributed by atoms with Gasteiger partial charge in [-0.05, 0) is 33.3 Å². The first kappa shape index (κ1) is 16.1. The first-order valence-electron chi connectivity index (χ1n) is 7.02. The second-order valence-corrected chi connectivity index (χ2v) is 5.17. The van der Waals surface area contributed by atoms with Crippen LogP contribution < -0.4 is 21.1 Å². The normalized spacial score (nSPS) is 12.1. The third-order valence-corrected chi connectivity index (χ3v) is 2.61. The third-order valence-electron chi connectivity index (χ3n) is 2.61. The van der Waals surface area contributed by atoms with Crippen LogP contribution in [0.2, 0.25) is 0 Å². The first-order valence-corrected chi connectivity index (χ1v) is 7.02. The molecule has 0 aliphatic rings. The Labute approximate surface area is 120 Å². The monoisotopic (exact) mass is 279 g/mol. The third kappa shape index (κ3) is 5.38. The molecule has 1 aromatic rings. The highest BCUT2D eigenvalue weighted by atomic mass is 16.5. The van der Waals surface area contributed by atoms with E-state index in [-0.39, 0.29) is 18.0 Å². The quantitative estimate of drug-likeness (QED) is 0.670. The molecule has 0 spiro atoms. The molecule has 5 heteroatoms. The highest BCUT2D eigenvalue weighted by Crippen LogP contribution is 2.23. The second-order valence-electron chi connectivity index (χ2n) is 5.17. The molecule has 20 heavy (non-hydrogen) atoms. The fourth-order valence-electron chi connectivity index (χ4n) is 1.73. The lowest BCUT2D eigenvalue weighted by Crippen LogP contribution is -2.40. The Morgan fingerprint density at radius 2 is 2.00 bits per heavy atom. The molecule has 0 radical (unpaired) electrons. The summed E-state index contributed by atoms with van der Waals surface area (Å²) in [4.78, 5) is 11.9. The van der Waals surface area contributed by atoms with Crippen LogP contribution in [-0.2, 0) is 4.79 Å². The number of carbonyl (C=O) groups excluding carboxylic acids is 1. The first-order chi connectivity index (χ1) is 9.42. The van der Waals surface area contributed by atoms with Crippen LogP contribution >= 0.6 is 0 Å². The summed E-state index contributed by atoms with van der Waals surface area (Å²) in [6, 6.07) is 5.21. The van der Waals surface area contributed by atoms with Crippen molar-refractivity contribution in [3.63, 3.8) is 0 Å². The molecule has 1 atom stereocenters. The van der Waals surface area contributed by atoms with Gasteiger partial charge in [-0.3, -0.25) is 4.79 Å². The van der Waals surface area contributed by atoms with E-state index < -0.39 is 0 Å². The van der Waals surface area contributed by atoms with Crippen molar-refractivity contribution < 1.29 is 9.53 Å². The van der Waals surface area contributed by atoms with E-state index in [0.717, 1.165) is 12.1 Å². The van der Waals surface area contributed by atoms with Crippen molar-refractivity contribution in [3.8, 4) is 5.75 Å². The van der Waals surface area contributed by atoms with E-state index in [0.29, 0.717) is 18.0 Å². The SMILES string of the molecule is CCCOc1cc(N)cc(NC(C)C(=O)NC(C)C)c1. The molecular weight excluding hydrogens is 254 g/mol. The molecular formula is C15H25N3O2. The maximum atomic E-state index is 11.9. The largest absolute Gasteiger partial charge is 0.493 e. The molecule has 1 amide bonds. The Bertz CT molecular complexity index is 447. The van der Waals surface area contributed by atoms with E-state index in [9.17, 15) is 4.79 Å². The van der Waals surface area contributed by atoms with E-state index in [1.807, 2.05) is 33.8 Å². The molecule has 0 fully saturated rings. The van der Waals surface area contributed by atoms with Gasteiger partial charge in [-0.1, -0.05) is 6.92 Å². The van der Waals surface area contributed by atoms with Crippen LogP contribution in [0.15, 0.2) is 18.2 Å². The smallest absolute Gasteiger partial charge is 0.242 e. The molecule has 0 saturated carbocycles. The number of hydrogen-bond acceptors (Lipinski definition) is 4. The van der Waals surface area contributed by atoms with Crippen molar-refractivity contribution >= 4 is 17.3 Å². The molecule has 5 nitrogen and oxygen atoms in total. The van der Waals surface area contributed by atoms with Crippen molar-refractivity contribution in [3.05, 3.63) is 18.2 Å². The number of rotatable bonds is 7. The summed E-state index contributed by atoms with van der Waals surface area (Å²) >= 11 is 0. The number of ether oxygens (including phenoxy) is 1. The van der Waals surface area contributed by atoms with Gasteiger partial charge in [0.1, 0.15) is 11.8 Å². The van der Waals surface area contributed by atoms with Crippen LogP contribution in [0.1, 0.15) is 34.1 Å². The lowest BCUT2D eigenvalue weighted by atomic mass is 10.2. The Hall–Kier alpha value is -1.91. The number of amides is 1. The minimum Gasteiger partial charge on any atom is -0.493 e. The van der Waals surface area contributed by atoms with E-state index in [2.05, 4.69) is 10.6 Å². The standard InChI is InChI=1S/C15H25N3O2/c1-5-6-20-14-8-12(16)7-13(9-14)18-11(4)15(19)17-10(2)3/h7-11,18H,5-6,16H2,1-4H3,(H,17,19). The molecule has 112 valence electrons. The number of carbonyl (C=O) groups is 1. The Kier molecular flexibility index (Phi) is 6.15. The summed E-state index contributed by atoms with van der Waals surface area (Å²) in [5, 5.41) is 5.99. The van der Waals surface area contributed by atoms with Gasteiger partial charge in [0.15, 0.2) is 0 Å². The van der Waals surface area contributed by atoms with Crippen molar-refractivity contribution in [2.24, 2.45) is 0 Å². The van der Waals surface area contributed by atoms with E-state index >= 15 is 0 Å². The summed E-state index contributed by atoms with van der Waals surface area (Å²) in [5.41, 5.74) is 7.23. The number of hydrogen-bond donors (Lipinski definition) is 3. The average molecular weight is 279 g/mol. The Morgan fingerprint density at radius 1 is 1.30 bits per heavy atom. The van der Waals surface area contributed by atoms with Crippen LogP contribution in [0, 0.1) is 0 Å². The summed E-state index contributed by atoms with van der Waals surface area (Å²) in [5.74, 6) is 0.671. The minimum absolute atomic E-state index is 0.0431. The fraction of sp³-hybridized carbons (Fsp3) is 0.533. The molecule has 0 aliphatic heterocycles. The molecule has 0 aromatic heterocycles. The van der Waals surface area contributed by atoms with Gasteiger partial charge in [0.25, 0.3) is 0 Å². The highest BCUT2D eigenvalue weighted by molar-refractivity contribution is 5.84. The molecule has 0 bridgehead atoms. The van der Waals surface area contributed by atoms with E-state index in [1.54, 1.807) is 12.1 Å². The average Bonchev–Trinajstić information content (AvgIpc) is 2.34. The number of nitrogen functional groups attached to an aromatic ring is 1. The zero-order valence-electron chi connectivity index (χ0n) is 12.7. The fourth-order valence-corrected chi connectivity index (χ4v) is 1.73. The second kappa shape index (κ2) is 7.62. The van der Waals surface area contributed by atoms with Crippen molar-refractivity contribution in [2.45, 2.75) is 46.2 Å². The van der Waals surface area contributed by atoms with E-state index in [1.165, 1.54) is 0 Å². The molecule has 4 N–H and O–H groups in total. The Balaban J connectivity index is 2.71. The maximum Gasteiger partial charge on any atom is 0.242 e. The molecule has 0 saturated heterocycles. The predicted molar refractivity (Wildman–Crippen MR) is 83.0 cm³/mol. The van der Waals surface area contributed by atoms with Crippen molar-refractivity contribution in [1.82, 2.24) is 5.32 Å². The molecule has 1 aromatic carbocycles. The number of benzene rings is 1. The maximum absolute atomic E-state index is 11.9. The van der Waals surface area contributed by atoms with Crippen molar-refractivity contribution in [2.75, 3.05) is 17.7 Å². The van der Waals surface area contributed by atoms with Crippen molar-refractivity contribution in [1.29, 1.82) is 0 Å². The van der Waals surface area contributed by atoms with Crippen LogP contribution in [0.3, 0.4) is 0 Å². The van der Waals surface area contributed by atoms with Gasteiger partial charge in [0.2, 0.25) is 5.91 Å². The molecule has 0 heterocycles. The Morgan fingerprint density at radius 3 is 2.60 bits per heavy atom. The summed E-state index contributed by atoms with van der Waals surface area (Å²) in [7, 11) is 0. The minimum atomic E-state index is -0.335. The molecule has 1 rings (SSSR count). The van der Waals surface area contributed by atoms with Gasteiger partial charge < -0.3 is 21.1 Å². The van der Waals surface area contributed by atoms with Crippen LogP contribution in [0.25, 0.3) is 0 Å². The lowest BCUT2D eigenvalue weighted by molar-refractivity contribution is -0.122. The zero-order chi connectivity index (χ0) is 15.1. The number of nitrogens with two attached hydrogens (primary N) is 1. The van der Waals surface area contributed by atoms with E-state index in [4.69, 9.17) is 10.5 Å². The highest BCUT2D eigenvalue weighted by Gasteiger charge is 2.13. The molecule has 1 unspecified atom stereocenters. The zero-order valence-corrected chi connectivity index (χ0v) is 12.7.